The van der Waals surface area contributed by atoms with Crippen LogP contribution in [0.1, 0.15) is 10.4 Å². The summed E-state index contributed by atoms with van der Waals surface area (Å²) in [6, 6.07) is 4.66. The van der Waals surface area contributed by atoms with Crippen molar-refractivity contribution in [1.82, 2.24) is 5.32 Å². The van der Waals surface area contributed by atoms with Crippen molar-refractivity contribution in [3.05, 3.63) is 33.3 Å². The number of hydrogen-bond donors (Lipinski definition) is 4. The lowest BCUT2D eigenvalue weighted by Crippen LogP contribution is -2.57. The van der Waals surface area contributed by atoms with Gasteiger partial charge in [-0.25, -0.2) is 0 Å². The fourth-order valence-corrected chi connectivity index (χ4v) is 1.85. The standard InChI is InChI=1S/C11H13BrClNO4/c12-9-2-1-7(13)3-8(9)10(18)14-11(4-15,5-16)6-17/h1-3,15-17H,4-6H2,(H,14,18). The second kappa shape index (κ2) is 6.49. The van der Waals surface area contributed by atoms with E-state index in [-0.39, 0.29) is 5.56 Å². The third kappa shape index (κ3) is 3.43. The number of carbonyl (C=O) groups is 1. The molecule has 18 heavy (non-hydrogen) atoms. The number of benzene rings is 1. The third-order valence-corrected chi connectivity index (χ3v) is 3.39. The minimum Gasteiger partial charge on any atom is -0.394 e. The lowest BCUT2D eigenvalue weighted by molar-refractivity contribution is 0.0375. The zero-order valence-electron chi connectivity index (χ0n) is 9.36. The summed E-state index contributed by atoms with van der Waals surface area (Å²) in [5.74, 6) is -0.554. The Labute approximate surface area is 118 Å². The van der Waals surface area contributed by atoms with E-state index in [1.54, 1.807) is 12.1 Å². The van der Waals surface area contributed by atoms with Crippen molar-refractivity contribution in [2.24, 2.45) is 0 Å². The van der Waals surface area contributed by atoms with E-state index < -0.39 is 31.3 Å². The Morgan fingerprint density at radius 1 is 1.28 bits per heavy atom. The van der Waals surface area contributed by atoms with Gasteiger partial charge in [0.05, 0.1) is 25.4 Å². The van der Waals surface area contributed by atoms with Gasteiger partial charge in [0, 0.05) is 9.50 Å². The van der Waals surface area contributed by atoms with Crippen molar-refractivity contribution in [3.8, 4) is 0 Å². The highest BCUT2D eigenvalue weighted by molar-refractivity contribution is 9.10. The molecule has 0 bridgehead atoms. The maximum Gasteiger partial charge on any atom is 0.253 e. The summed E-state index contributed by atoms with van der Waals surface area (Å²) in [6.45, 7) is -1.74. The van der Waals surface area contributed by atoms with Crippen LogP contribution >= 0.6 is 27.5 Å². The van der Waals surface area contributed by atoms with Gasteiger partial charge in [-0.2, -0.15) is 0 Å². The normalized spacial score (nSPS) is 11.4. The molecule has 1 aromatic rings. The Balaban J connectivity index is 2.97. The monoisotopic (exact) mass is 337 g/mol. The number of amides is 1. The summed E-state index contributed by atoms with van der Waals surface area (Å²) in [5.41, 5.74) is -1.21. The molecule has 1 aromatic carbocycles. The fourth-order valence-electron chi connectivity index (χ4n) is 1.25. The first kappa shape index (κ1) is 15.4. The number of rotatable bonds is 5. The average molecular weight is 339 g/mol. The van der Waals surface area contributed by atoms with Gasteiger partial charge in [0.25, 0.3) is 5.91 Å². The molecule has 0 spiro atoms. The van der Waals surface area contributed by atoms with Crippen molar-refractivity contribution in [2.45, 2.75) is 5.54 Å². The quantitative estimate of drug-likeness (QED) is 0.631. The first-order valence-corrected chi connectivity index (χ1v) is 6.25. The number of carbonyl (C=O) groups excluding carboxylic acids is 1. The molecule has 0 unspecified atom stereocenters. The number of hydrogen-bond acceptors (Lipinski definition) is 4. The molecule has 4 N–H and O–H groups in total. The van der Waals surface area contributed by atoms with Gasteiger partial charge in [-0.15, -0.1) is 0 Å². The van der Waals surface area contributed by atoms with Crippen LogP contribution in [-0.2, 0) is 0 Å². The molecule has 5 nitrogen and oxygen atoms in total. The maximum absolute atomic E-state index is 12.0. The summed E-state index contributed by atoms with van der Waals surface area (Å²) in [7, 11) is 0. The van der Waals surface area contributed by atoms with E-state index in [4.69, 9.17) is 26.9 Å². The molecule has 7 heteroatoms. The van der Waals surface area contributed by atoms with Crippen LogP contribution in [0.2, 0.25) is 5.02 Å². The summed E-state index contributed by atoms with van der Waals surface area (Å²) in [5, 5.41) is 30.1. The predicted molar refractivity (Wildman–Crippen MR) is 70.6 cm³/mol. The fraction of sp³-hybridized carbons (Fsp3) is 0.364. The Morgan fingerprint density at radius 3 is 2.33 bits per heavy atom. The van der Waals surface area contributed by atoms with E-state index in [0.717, 1.165) is 0 Å². The van der Waals surface area contributed by atoms with E-state index in [2.05, 4.69) is 21.2 Å². The van der Waals surface area contributed by atoms with Crippen LogP contribution in [-0.4, -0.2) is 46.6 Å². The first-order chi connectivity index (χ1) is 8.48. The van der Waals surface area contributed by atoms with Gasteiger partial charge in [-0.05, 0) is 34.1 Å². The molecule has 0 saturated heterocycles. The minimum absolute atomic E-state index is 0.252. The highest BCUT2D eigenvalue weighted by Gasteiger charge is 2.30. The molecule has 0 atom stereocenters. The Morgan fingerprint density at radius 2 is 1.83 bits per heavy atom. The zero-order valence-corrected chi connectivity index (χ0v) is 11.7. The van der Waals surface area contributed by atoms with E-state index in [0.29, 0.717) is 9.50 Å². The summed E-state index contributed by atoms with van der Waals surface area (Å²) in [6.07, 6.45) is 0. The van der Waals surface area contributed by atoms with Crippen LogP contribution in [0.5, 0.6) is 0 Å². The van der Waals surface area contributed by atoms with Gasteiger partial charge < -0.3 is 20.6 Å². The molecule has 0 aliphatic rings. The zero-order chi connectivity index (χ0) is 13.8. The SMILES string of the molecule is O=C(NC(CO)(CO)CO)c1cc(Cl)ccc1Br. The maximum atomic E-state index is 12.0. The lowest BCUT2D eigenvalue weighted by atomic mass is 10.0. The molecule has 1 amide bonds. The van der Waals surface area contributed by atoms with Crippen molar-refractivity contribution in [1.29, 1.82) is 0 Å². The van der Waals surface area contributed by atoms with E-state index >= 15 is 0 Å². The van der Waals surface area contributed by atoms with Crippen molar-refractivity contribution in [3.63, 3.8) is 0 Å². The molecule has 0 fully saturated rings. The van der Waals surface area contributed by atoms with Gasteiger partial charge in [0.2, 0.25) is 0 Å². The van der Waals surface area contributed by atoms with Crippen LogP contribution in [0.3, 0.4) is 0 Å². The molecular formula is C11H13BrClNO4. The molecule has 0 heterocycles. The topological polar surface area (TPSA) is 89.8 Å². The Hall–Kier alpha value is -0.660. The average Bonchev–Trinajstić information content (AvgIpc) is 2.38. The van der Waals surface area contributed by atoms with Crippen LogP contribution in [0.4, 0.5) is 0 Å². The van der Waals surface area contributed by atoms with E-state index in [9.17, 15) is 4.79 Å². The number of halogens is 2. The molecule has 0 radical (unpaired) electrons. The summed E-state index contributed by atoms with van der Waals surface area (Å²) in [4.78, 5) is 12.0. The smallest absolute Gasteiger partial charge is 0.253 e. The van der Waals surface area contributed by atoms with Gasteiger partial charge in [0.1, 0.15) is 5.54 Å². The molecule has 0 aliphatic heterocycles. The second-order valence-corrected chi connectivity index (χ2v) is 5.12. The molecule has 0 aliphatic carbocycles. The number of aliphatic hydroxyl groups is 3. The van der Waals surface area contributed by atoms with Crippen LogP contribution in [0.25, 0.3) is 0 Å². The number of nitrogens with one attached hydrogen (secondary N) is 1. The van der Waals surface area contributed by atoms with Gasteiger partial charge in [-0.1, -0.05) is 11.6 Å². The highest BCUT2D eigenvalue weighted by atomic mass is 79.9. The molecule has 0 aromatic heterocycles. The van der Waals surface area contributed by atoms with Gasteiger partial charge in [0.15, 0.2) is 0 Å². The Bertz CT molecular complexity index is 429. The third-order valence-electron chi connectivity index (χ3n) is 2.46. The predicted octanol–water partition coefficient (Wildman–Crippen LogP) is 0.548. The second-order valence-electron chi connectivity index (χ2n) is 3.83. The van der Waals surface area contributed by atoms with E-state index in [1.807, 2.05) is 0 Å². The van der Waals surface area contributed by atoms with Gasteiger partial charge >= 0.3 is 0 Å². The summed E-state index contributed by atoms with van der Waals surface area (Å²) < 4.78 is 0.520. The molecule has 0 saturated carbocycles. The molecular weight excluding hydrogens is 325 g/mol. The van der Waals surface area contributed by atoms with Crippen LogP contribution < -0.4 is 5.32 Å². The number of aliphatic hydroxyl groups excluding tert-OH is 3. The van der Waals surface area contributed by atoms with Crippen molar-refractivity contribution < 1.29 is 20.1 Å². The highest BCUT2D eigenvalue weighted by Crippen LogP contribution is 2.21. The van der Waals surface area contributed by atoms with Gasteiger partial charge in [-0.3, -0.25) is 4.79 Å². The van der Waals surface area contributed by atoms with Crippen molar-refractivity contribution in [2.75, 3.05) is 19.8 Å². The Kier molecular flexibility index (Phi) is 5.55. The van der Waals surface area contributed by atoms with Crippen molar-refractivity contribution >= 4 is 33.4 Å². The van der Waals surface area contributed by atoms with Crippen LogP contribution in [0.15, 0.2) is 22.7 Å². The molecule has 100 valence electrons. The molecule has 1 rings (SSSR count). The lowest BCUT2D eigenvalue weighted by Gasteiger charge is -2.28. The first-order valence-electron chi connectivity index (χ1n) is 5.08. The van der Waals surface area contributed by atoms with E-state index in [1.165, 1.54) is 6.07 Å². The van der Waals surface area contributed by atoms with Crippen LogP contribution in [0, 0.1) is 0 Å². The minimum atomic E-state index is -1.46. The largest absolute Gasteiger partial charge is 0.394 e. The summed E-state index contributed by atoms with van der Waals surface area (Å²) >= 11 is 8.98.